The van der Waals surface area contributed by atoms with Gasteiger partial charge < -0.3 is 10.1 Å². The Morgan fingerprint density at radius 3 is 3.14 bits per heavy atom. The number of rotatable bonds is 5. The standard InChI is InChI=1S/C14H17N3O3S/c18-17(19)14-11(4-5-12-13(14)16-9-21-12)15-7-6-10-3-1-2-8-20-10/h4-5,9-10,15H,1-3,6-8H2. The van der Waals surface area contributed by atoms with Gasteiger partial charge in [0.25, 0.3) is 0 Å². The molecule has 1 aromatic heterocycles. The van der Waals surface area contributed by atoms with Crippen molar-refractivity contribution in [2.75, 3.05) is 18.5 Å². The molecule has 0 radical (unpaired) electrons. The molecule has 1 saturated heterocycles. The number of thiazole rings is 1. The molecule has 0 bridgehead atoms. The first kappa shape index (κ1) is 14.2. The van der Waals surface area contributed by atoms with Crippen LogP contribution in [0.1, 0.15) is 25.7 Å². The lowest BCUT2D eigenvalue weighted by Gasteiger charge is -2.22. The van der Waals surface area contributed by atoms with Gasteiger partial charge in [0.1, 0.15) is 5.69 Å². The van der Waals surface area contributed by atoms with Crippen LogP contribution in [0.2, 0.25) is 0 Å². The summed E-state index contributed by atoms with van der Waals surface area (Å²) in [6.07, 6.45) is 4.56. The molecule has 1 N–H and O–H groups in total. The fourth-order valence-electron chi connectivity index (χ4n) is 2.65. The minimum absolute atomic E-state index is 0.0679. The summed E-state index contributed by atoms with van der Waals surface area (Å²) in [5, 5.41) is 14.5. The Hall–Kier alpha value is -1.73. The molecule has 3 rings (SSSR count). The zero-order chi connectivity index (χ0) is 14.7. The summed E-state index contributed by atoms with van der Waals surface area (Å²) in [5.74, 6) is 0. The Balaban J connectivity index is 1.71. The summed E-state index contributed by atoms with van der Waals surface area (Å²) >= 11 is 1.41. The van der Waals surface area contributed by atoms with Crippen molar-refractivity contribution in [3.05, 3.63) is 27.8 Å². The average Bonchev–Trinajstić information content (AvgIpc) is 2.96. The van der Waals surface area contributed by atoms with Crippen LogP contribution in [0.25, 0.3) is 10.2 Å². The fourth-order valence-corrected chi connectivity index (χ4v) is 3.33. The average molecular weight is 307 g/mol. The molecule has 0 aliphatic carbocycles. The molecule has 1 aliphatic rings. The molecule has 1 aromatic carbocycles. The Kier molecular flexibility index (Phi) is 4.31. The van der Waals surface area contributed by atoms with Crippen LogP contribution in [-0.4, -0.2) is 29.2 Å². The van der Waals surface area contributed by atoms with E-state index in [4.69, 9.17) is 4.74 Å². The number of nitrogens with one attached hydrogen (secondary N) is 1. The second-order valence-corrected chi connectivity index (χ2v) is 6.01. The lowest BCUT2D eigenvalue weighted by atomic mass is 10.1. The van der Waals surface area contributed by atoms with E-state index in [0.717, 1.165) is 30.6 Å². The third-order valence-corrected chi connectivity index (χ3v) is 4.51. The maximum atomic E-state index is 11.3. The van der Waals surface area contributed by atoms with E-state index in [1.807, 2.05) is 6.07 Å². The zero-order valence-corrected chi connectivity index (χ0v) is 12.4. The lowest BCUT2D eigenvalue weighted by Crippen LogP contribution is -2.22. The van der Waals surface area contributed by atoms with Gasteiger partial charge in [-0.3, -0.25) is 10.1 Å². The van der Waals surface area contributed by atoms with Crippen LogP contribution >= 0.6 is 11.3 Å². The number of nitrogens with zero attached hydrogens (tertiary/aromatic N) is 2. The molecule has 21 heavy (non-hydrogen) atoms. The number of aromatic nitrogens is 1. The summed E-state index contributed by atoms with van der Waals surface area (Å²) < 4.78 is 6.50. The highest BCUT2D eigenvalue weighted by Gasteiger charge is 2.21. The molecule has 1 aliphatic heterocycles. The molecule has 112 valence electrons. The molecule has 2 aromatic rings. The number of anilines is 1. The van der Waals surface area contributed by atoms with Crippen molar-refractivity contribution in [2.24, 2.45) is 0 Å². The number of nitro groups is 1. The molecule has 0 amide bonds. The third-order valence-electron chi connectivity index (χ3n) is 3.71. The van der Waals surface area contributed by atoms with Crippen LogP contribution in [0.3, 0.4) is 0 Å². The molecule has 2 heterocycles. The van der Waals surface area contributed by atoms with Crippen LogP contribution in [0.4, 0.5) is 11.4 Å². The van der Waals surface area contributed by atoms with Crippen LogP contribution in [0.5, 0.6) is 0 Å². The van der Waals surface area contributed by atoms with Crippen molar-refractivity contribution < 1.29 is 9.66 Å². The number of nitro benzene ring substituents is 1. The van der Waals surface area contributed by atoms with Crippen molar-refractivity contribution in [1.82, 2.24) is 4.98 Å². The highest BCUT2D eigenvalue weighted by molar-refractivity contribution is 7.16. The number of benzene rings is 1. The maximum absolute atomic E-state index is 11.3. The molecule has 7 heteroatoms. The highest BCUT2D eigenvalue weighted by Crippen LogP contribution is 2.34. The Labute approximate surface area is 126 Å². The van der Waals surface area contributed by atoms with Gasteiger partial charge in [0.2, 0.25) is 0 Å². The maximum Gasteiger partial charge on any atom is 0.319 e. The molecule has 6 nitrogen and oxygen atoms in total. The van der Waals surface area contributed by atoms with Crippen LogP contribution < -0.4 is 5.32 Å². The van der Waals surface area contributed by atoms with Gasteiger partial charge >= 0.3 is 5.69 Å². The number of hydrogen-bond acceptors (Lipinski definition) is 6. The Morgan fingerprint density at radius 2 is 2.38 bits per heavy atom. The van der Waals surface area contributed by atoms with Gasteiger partial charge in [0.15, 0.2) is 5.52 Å². The topological polar surface area (TPSA) is 77.3 Å². The van der Waals surface area contributed by atoms with E-state index in [2.05, 4.69) is 10.3 Å². The largest absolute Gasteiger partial charge is 0.379 e. The van der Waals surface area contributed by atoms with E-state index < -0.39 is 0 Å². The van der Waals surface area contributed by atoms with Crippen molar-refractivity contribution in [3.63, 3.8) is 0 Å². The predicted octanol–water partition coefficient (Wildman–Crippen LogP) is 3.58. The van der Waals surface area contributed by atoms with Crippen LogP contribution in [0.15, 0.2) is 17.6 Å². The first-order valence-electron chi connectivity index (χ1n) is 7.12. The van der Waals surface area contributed by atoms with Gasteiger partial charge in [0.05, 0.1) is 21.2 Å². The van der Waals surface area contributed by atoms with Gasteiger partial charge in [-0.25, -0.2) is 4.98 Å². The van der Waals surface area contributed by atoms with E-state index in [1.54, 1.807) is 11.6 Å². The van der Waals surface area contributed by atoms with Gasteiger partial charge in [-0.2, -0.15) is 0 Å². The van der Waals surface area contributed by atoms with Gasteiger partial charge in [0, 0.05) is 13.2 Å². The minimum atomic E-state index is -0.360. The molecule has 1 unspecified atom stereocenters. The number of fused-ring (bicyclic) bond motifs is 1. The molecular weight excluding hydrogens is 290 g/mol. The van der Waals surface area contributed by atoms with E-state index in [0.29, 0.717) is 17.7 Å². The third kappa shape index (κ3) is 3.14. The SMILES string of the molecule is O=[N+]([O-])c1c(NCCC2CCCCO2)ccc2scnc12. The summed E-state index contributed by atoms with van der Waals surface area (Å²) in [5.41, 5.74) is 2.70. The monoisotopic (exact) mass is 307 g/mol. The number of hydrogen-bond donors (Lipinski definition) is 1. The first-order valence-corrected chi connectivity index (χ1v) is 8.00. The van der Waals surface area contributed by atoms with Crippen molar-refractivity contribution in [2.45, 2.75) is 31.8 Å². The van der Waals surface area contributed by atoms with E-state index in [1.165, 1.54) is 17.8 Å². The molecule has 1 fully saturated rings. The summed E-state index contributed by atoms with van der Waals surface area (Å²) in [7, 11) is 0. The Morgan fingerprint density at radius 1 is 1.48 bits per heavy atom. The summed E-state index contributed by atoms with van der Waals surface area (Å²) in [6, 6.07) is 3.64. The highest BCUT2D eigenvalue weighted by atomic mass is 32.1. The molecule has 1 atom stereocenters. The zero-order valence-electron chi connectivity index (χ0n) is 11.6. The molecule has 0 spiro atoms. The van der Waals surface area contributed by atoms with Gasteiger partial charge in [-0.15, -0.1) is 11.3 Å². The van der Waals surface area contributed by atoms with Crippen molar-refractivity contribution in [3.8, 4) is 0 Å². The summed E-state index contributed by atoms with van der Waals surface area (Å²) in [4.78, 5) is 15.1. The summed E-state index contributed by atoms with van der Waals surface area (Å²) in [6.45, 7) is 1.50. The van der Waals surface area contributed by atoms with Crippen molar-refractivity contribution >= 4 is 32.9 Å². The van der Waals surface area contributed by atoms with Crippen molar-refractivity contribution in [1.29, 1.82) is 0 Å². The second-order valence-electron chi connectivity index (χ2n) is 5.12. The Bertz CT molecular complexity index is 637. The van der Waals surface area contributed by atoms with E-state index >= 15 is 0 Å². The minimum Gasteiger partial charge on any atom is -0.379 e. The van der Waals surface area contributed by atoms with Gasteiger partial charge in [-0.1, -0.05) is 0 Å². The fraction of sp³-hybridized carbons (Fsp3) is 0.500. The molecule has 0 saturated carbocycles. The molecular formula is C14H17N3O3S. The quantitative estimate of drug-likeness (QED) is 0.675. The van der Waals surface area contributed by atoms with Crippen LogP contribution in [-0.2, 0) is 4.74 Å². The normalized spacial score (nSPS) is 18.8. The smallest absolute Gasteiger partial charge is 0.319 e. The first-order chi connectivity index (χ1) is 10.3. The van der Waals surface area contributed by atoms with Crippen LogP contribution in [0, 0.1) is 10.1 Å². The predicted molar refractivity (Wildman–Crippen MR) is 83.0 cm³/mol. The number of ether oxygens (including phenoxy) is 1. The van der Waals surface area contributed by atoms with E-state index in [-0.39, 0.29) is 16.7 Å². The van der Waals surface area contributed by atoms with Gasteiger partial charge in [-0.05, 0) is 37.8 Å². The van der Waals surface area contributed by atoms with E-state index in [9.17, 15) is 10.1 Å². The lowest BCUT2D eigenvalue weighted by molar-refractivity contribution is -0.382. The second kappa shape index (κ2) is 6.36.